The zero-order valence-electron chi connectivity index (χ0n) is 11.7. The summed E-state index contributed by atoms with van der Waals surface area (Å²) in [6.07, 6.45) is 1.39. The van der Waals surface area contributed by atoms with E-state index in [0.29, 0.717) is 28.8 Å². The van der Waals surface area contributed by atoms with Gasteiger partial charge in [-0.25, -0.2) is 0 Å². The molecule has 0 bridgehead atoms. The number of nitrogens with one attached hydrogen (secondary N) is 1. The number of thioether (sulfide) groups is 1. The Balaban J connectivity index is 2.45. The Morgan fingerprint density at radius 1 is 1.47 bits per heavy atom. The molecule has 0 spiro atoms. The van der Waals surface area contributed by atoms with Crippen molar-refractivity contribution < 1.29 is 9.53 Å². The Morgan fingerprint density at radius 3 is 2.84 bits per heavy atom. The predicted molar refractivity (Wildman–Crippen MR) is 82.9 cm³/mol. The Hall–Kier alpha value is -1.36. The SMILES string of the molecule is COc1ccc(N)cc1NC(=O)CCCSC(C)C. The van der Waals surface area contributed by atoms with Gasteiger partial charge in [0.15, 0.2) is 0 Å². The highest BCUT2D eigenvalue weighted by Crippen LogP contribution is 2.26. The third kappa shape index (κ3) is 5.87. The zero-order chi connectivity index (χ0) is 14.3. The van der Waals surface area contributed by atoms with Gasteiger partial charge < -0.3 is 15.8 Å². The minimum atomic E-state index is -0.00624. The number of nitrogens with two attached hydrogens (primary N) is 1. The first kappa shape index (κ1) is 15.7. The van der Waals surface area contributed by atoms with Crippen molar-refractivity contribution in [2.24, 2.45) is 0 Å². The molecule has 4 nitrogen and oxygen atoms in total. The second kappa shape index (κ2) is 7.94. The van der Waals surface area contributed by atoms with Crippen LogP contribution in [0.15, 0.2) is 18.2 Å². The number of hydrogen-bond donors (Lipinski definition) is 2. The summed E-state index contributed by atoms with van der Waals surface area (Å²) in [6.45, 7) is 4.31. The molecule has 0 heterocycles. The van der Waals surface area contributed by atoms with Gasteiger partial charge in [0, 0.05) is 12.1 Å². The summed E-state index contributed by atoms with van der Waals surface area (Å²) >= 11 is 1.86. The van der Waals surface area contributed by atoms with Gasteiger partial charge in [-0.2, -0.15) is 11.8 Å². The molecule has 1 rings (SSSR count). The van der Waals surface area contributed by atoms with E-state index in [0.717, 1.165) is 12.2 Å². The predicted octanol–water partition coefficient (Wildman–Crippen LogP) is 3.14. The molecule has 1 aromatic carbocycles. The first-order valence-corrected chi connectivity index (χ1v) is 7.42. The summed E-state index contributed by atoms with van der Waals surface area (Å²) in [7, 11) is 1.57. The topological polar surface area (TPSA) is 64.3 Å². The third-order valence-electron chi connectivity index (χ3n) is 2.50. The number of amides is 1. The van der Waals surface area contributed by atoms with Gasteiger partial charge in [0.2, 0.25) is 5.91 Å². The lowest BCUT2D eigenvalue weighted by Gasteiger charge is -2.11. The normalized spacial score (nSPS) is 10.5. The van der Waals surface area contributed by atoms with Crippen molar-refractivity contribution in [2.75, 3.05) is 23.9 Å². The van der Waals surface area contributed by atoms with E-state index in [-0.39, 0.29) is 5.91 Å². The molecule has 0 aliphatic carbocycles. The summed E-state index contributed by atoms with van der Waals surface area (Å²) in [6, 6.07) is 5.20. The van der Waals surface area contributed by atoms with E-state index in [4.69, 9.17) is 10.5 Å². The van der Waals surface area contributed by atoms with Crippen molar-refractivity contribution in [1.29, 1.82) is 0 Å². The van der Waals surface area contributed by atoms with Crippen molar-refractivity contribution in [3.8, 4) is 5.75 Å². The van der Waals surface area contributed by atoms with Crippen LogP contribution in [0.25, 0.3) is 0 Å². The van der Waals surface area contributed by atoms with Crippen LogP contribution in [-0.4, -0.2) is 24.0 Å². The van der Waals surface area contributed by atoms with E-state index in [2.05, 4.69) is 19.2 Å². The summed E-state index contributed by atoms with van der Waals surface area (Å²) in [5.74, 6) is 1.62. The molecule has 19 heavy (non-hydrogen) atoms. The lowest BCUT2D eigenvalue weighted by molar-refractivity contribution is -0.116. The molecule has 3 N–H and O–H groups in total. The maximum atomic E-state index is 11.8. The number of carbonyl (C=O) groups is 1. The molecular formula is C14H22N2O2S. The van der Waals surface area contributed by atoms with Crippen LogP contribution in [0.5, 0.6) is 5.75 Å². The Bertz CT molecular complexity index is 422. The number of hydrogen-bond acceptors (Lipinski definition) is 4. The van der Waals surface area contributed by atoms with Gasteiger partial charge in [-0.1, -0.05) is 13.8 Å². The second-order valence-corrected chi connectivity index (χ2v) is 6.22. The number of carbonyl (C=O) groups excluding carboxylic acids is 1. The van der Waals surface area contributed by atoms with Crippen molar-refractivity contribution in [3.05, 3.63) is 18.2 Å². The molecule has 0 atom stereocenters. The molecule has 0 fully saturated rings. The maximum absolute atomic E-state index is 11.8. The van der Waals surface area contributed by atoms with E-state index in [9.17, 15) is 4.79 Å². The number of ether oxygens (including phenoxy) is 1. The van der Waals surface area contributed by atoms with Crippen molar-refractivity contribution in [1.82, 2.24) is 0 Å². The van der Waals surface area contributed by atoms with E-state index in [1.165, 1.54) is 0 Å². The monoisotopic (exact) mass is 282 g/mol. The van der Waals surface area contributed by atoms with Crippen LogP contribution in [0.3, 0.4) is 0 Å². The highest BCUT2D eigenvalue weighted by atomic mass is 32.2. The average Bonchev–Trinajstić information content (AvgIpc) is 2.35. The second-order valence-electron chi connectivity index (χ2n) is 4.53. The molecule has 0 saturated heterocycles. The minimum absolute atomic E-state index is 0.00624. The summed E-state index contributed by atoms with van der Waals surface area (Å²) in [5.41, 5.74) is 6.93. The van der Waals surface area contributed by atoms with Gasteiger partial charge >= 0.3 is 0 Å². The molecule has 0 aliphatic rings. The number of benzene rings is 1. The lowest BCUT2D eigenvalue weighted by atomic mass is 10.2. The van der Waals surface area contributed by atoms with Gasteiger partial charge in [0.1, 0.15) is 5.75 Å². The van der Waals surface area contributed by atoms with Crippen LogP contribution >= 0.6 is 11.8 Å². The molecule has 0 aromatic heterocycles. The molecule has 5 heteroatoms. The number of nitrogen functional groups attached to an aromatic ring is 1. The first-order chi connectivity index (χ1) is 9.02. The van der Waals surface area contributed by atoms with Crippen LogP contribution < -0.4 is 15.8 Å². The van der Waals surface area contributed by atoms with E-state index in [1.807, 2.05) is 11.8 Å². The van der Waals surface area contributed by atoms with Crippen molar-refractivity contribution >= 4 is 29.0 Å². The molecular weight excluding hydrogens is 260 g/mol. The van der Waals surface area contributed by atoms with Gasteiger partial charge in [0.05, 0.1) is 12.8 Å². The quantitative estimate of drug-likeness (QED) is 0.595. The molecule has 0 unspecified atom stereocenters. The van der Waals surface area contributed by atoms with Gasteiger partial charge in [-0.15, -0.1) is 0 Å². The van der Waals surface area contributed by atoms with Crippen LogP contribution in [0.2, 0.25) is 0 Å². The van der Waals surface area contributed by atoms with Crippen molar-refractivity contribution in [3.63, 3.8) is 0 Å². The number of anilines is 2. The third-order valence-corrected chi connectivity index (χ3v) is 3.69. The van der Waals surface area contributed by atoms with Gasteiger partial charge in [-0.3, -0.25) is 4.79 Å². The van der Waals surface area contributed by atoms with E-state index >= 15 is 0 Å². The zero-order valence-corrected chi connectivity index (χ0v) is 12.5. The minimum Gasteiger partial charge on any atom is -0.495 e. The van der Waals surface area contributed by atoms with E-state index < -0.39 is 0 Å². The fourth-order valence-corrected chi connectivity index (χ4v) is 2.37. The standard InChI is InChI=1S/C14H22N2O2S/c1-10(2)19-8-4-5-14(17)16-12-9-11(15)6-7-13(12)18-3/h6-7,9-10H,4-5,8,15H2,1-3H3,(H,16,17). The first-order valence-electron chi connectivity index (χ1n) is 6.38. The Kier molecular flexibility index (Phi) is 6.56. The van der Waals surface area contributed by atoms with Gasteiger partial charge in [0.25, 0.3) is 0 Å². The van der Waals surface area contributed by atoms with Crippen LogP contribution in [0.4, 0.5) is 11.4 Å². The Morgan fingerprint density at radius 2 is 2.21 bits per heavy atom. The fourth-order valence-electron chi connectivity index (χ4n) is 1.59. The summed E-state index contributed by atoms with van der Waals surface area (Å²) in [4.78, 5) is 11.8. The molecule has 1 aromatic rings. The molecule has 106 valence electrons. The molecule has 0 saturated carbocycles. The maximum Gasteiger partial charge on any atom is 0.224 e. The summed E-state index contributed by atoms with van der Waals surface area (Å²) in [5, 5.41) is 3.45. The van der Waals surface area contributed by atoms with Crippen molar-refractivity contribution in [2.45, 2.75) is 31.9 Å². The highest BCUT2D eigenvalue weighted by Gasteiger charge is 2.08. The molecule has 1 amide bonds. The molecule has 0 aliphatic heterocycles. The average molecular weight is 282 g/mol. The fraction of sp³-hybridized carbons (Fsp3) is 0.500. The summed E-state index contributed by atoms with van der Waals surface area (Å²) < 4.78 is 5.18. The molecule has 0 radical (unpaired) electrons. The van der Waals surface area contributed by atoms with E-state index in [1.54, 1.807) is 25.3 Å². The number of rotatable bonds is 7. The van der Waals surface area contributed by atoms with Crippen LogP contribution in [-0.2, 0) is 4.79 Å². The lowest BCUT2D eigenvalue weighted by Crippen LogP contribution is -2.12. The number of methoxy groups -OCH3 is 1. The smallest absolute Gasteiger partial charge is 0.224 e. The van der Waals surface area contributed by atoms with Crippen LogP contribution in [0.1, 0.15) is 26.7 Å². The largest absolute Gasteiger partial charge is 0.495 e. The Labute approximate surface area is 119 Å². The highest BCUT2D eigenvalue weighted by molar-refractivity contribution is 7.99. The van der Waals surface area contributed by atoms with Gasteiger partial charge in [-0.05, 0) is 35.6 Å². The van der Waals surface area contributed by atoms with Crippen LogP contribution in [0, 0.1) is 0 Å².